The van der Waals surface area contributed by atoms with Crippen LogP contribution in [-0.2, 0) is 17.6 Å². The number of nitrogens with one attached hydrogen (secondary N) is 1. The predicted molar refractivity (Wildman–Crippen MR) is 99.6 cm³/mol. The fourth-order valence-electron chi connectivity index (χ4n) is 3.20. The molecule has 1 aliphatic rings. The highest BCUT2D eigenvalue weighted by Gasteiger charge is 2.28. The Hall–Kier alpha value is -1.36. The van der Waals surface area contributed by atoms with Gasteiger partial charge in [-0.25, -0.2) is 0 Å². The second kappa shape index (κ2) is 9.21. The molecule has 4 nitrogen and oxygen atoms in total. The van der Waals surface area contributed by atoms with E-state index in [2.05, 4.69) is 32.2 Å². The molecule has 1 saturated heterocycles. The van der Waals surface area contributed by atoms with E-state index in [9.17, 15) is 9.59 Å². The van der Waals surface area contributed by atoms with Crippen LogP contribution in [0, 0.1) is 5.92 Å². The summed E-state index contributed by atoms with van der Waals surface area (Å²) in [6, 6.07) is 2.08. The lowest BCUT2D eigenvalue weighted by Gasteiger charge is -2.31. The average Bonchev–Trinajstić information content (AvgIpc) is 3.02. The summed E-state index contributed by atoms with van der Waals surface area (Å²) in [7, 11) is 0. The number of carbonyl (C=O) groups excluding carboxylic acids is 2. The molecule has 0 aliphatic carbocycles. The standard InChI is InChI=1S/C19H30N2O2S/c1-4-7-16-14(6-3)13-17(24-16)19(23)21-11-8-15(9-12-21)18(22)20-10-5-2/h13,15H,4-12H2,1-3H3,(H,20,22). The molecule has 5 heteroatoms. The monoisotopic (exact) mass is 350 g/mol. The Kier molecular flexibility index (Phi) is 7.28. The van der Waals surface area contributed by atoms with Crippen molar-refractivity contribution >= 4 is 23.2 Å². The molecule has 1 fully saturated rings. The minimum Gasteiger partial charge on any atom is -0.356 e. The van der Waals surface area contributed by atoms with Crippen molar-refractivity contribution in [2.75, 3.05) is 19.6 Å². The van der Waals surface area contributed by atoms with Gasteiger partial charge in [-0.2, -0.15) is 0 Å². The highest BCUT2D eigenvalue weighted by atomic mass is 32.1. The topological polar surface area (TPSA) is 49.4 Å². The van der Waals surface area contributed by atoms with Gasteiger partial charge in [0.15, 0.2) is 0 Å². The number of piperidine rings is 1. The Morgan fingerprint density at radius 1 is 1.21 bits per heavy atom. The first kappa shape index (κ1) is 19.0. The highest BCUT2D eigenvalue weighted by molar-refractivity contribution is 7.14. The number of likely N-dealkylation sites (tertiary alicyclic amines) is 1. The number of amides is 2. The van der Waals surface area contributed by atoms with Gasteiger partial charge in [0.05, 0.1) is 4.88 Å². The largest absolute Gasteiger partial charge is 0.356 e. The molecule has 0 aromatic carbocycles. The van der Waals surface area contributed by atoms with Crippen LogP contribution in [0.3, 0.4) is 0 Å². The predicted octanol–water partition coefficient (Wildman–Crippen LogP) is 3.64. The van der Waals surface area contributed by atoms with Crippen LogP contribution in [0.1, 0.15) is 66.6 Å². The van der Waals surface area contributed by atoms with Gasteiger partial charge in [0, 0.05) is 30.4 Å². The zero-order chi connectivity index (χ0) is 17.5. The van der Waals surface area contributed by atoms with Crippen LogP contribution in [-0.4, -0.2) is 36.3 Å². The molecule has 1 aliphatic heterocycles. The zero-order valence-electron chi connectivity index (χ0n) is 15.2. The van der Waals surface area contributed by atoms with Gasteiger partial charge in [0.1, 0.15) is 0 Å². The van der Waals surface area contributed by atoms with E-state index in [-0.39, 0.29) is 17.7 Å². The molecule has 0 radical (unpaired) electrons. The molecule has 0 saturated carbocycles. The SMILES string of the molecule is CCCNC(=O)C1CCN(C(=O)c2cc(CC)c(CCC)s2)CC1. The minimum atomic E-state index is 0.0609. The summed E-state index contributed by atoms with van der Waals surface area (Å²) in [5, 5.41) is 2.97. The van der Waals surface area contributed by atoms with Crippen LogP contribution in [0.4, 0.5) is 0 Å². The molecule has 2 rings (SSSR count). The van der Waals surface area contributed by atoms with Gasteiger partial charge in [-0.05, 0) is 43.7 Å². The summed E-state index contributed by atoms with van der Waals surface area (Å²) in [4.78, 5) is 29.0. The third-order valence-electron chi connectivity index (χ3n) is 4.67. The van der Waals surface area contributed by atoms with Gasteiger partial charge >= 0.3 is 0 Å². The second-order valence-corrected chi connectivity index (χ2v) is 7.66. The van der Waals surface area contributed by atoms with Crippen molar-refractivity contribution in [3.63, 3.8) is 0 Å². The lowest BCUT2D eigenvalue weighted by atomic mass is 9.95. The van der Waals surface area contributed by atoms with E-state index in [1.54, 1.807) is 11.3 Å². The van der Waals surface area contributed by atoms with E-state index < -0.39 is 0 Å². The summed E-state index contributed by atoms with van der Waals surface area (Å²) in [5.74, 6) is 0.355. The number of aryl methyl sites for hydroxylation is 2. The first-order valence-electron chi connectivity index (χ1n) is 9.29. The number of rotatable bonds is 7. The molecule has 24 heavy (non-hydrogen) atoms. The number of hydrogen-bond acceptors (Lipinski definition) is 3. The molecule has 134 valence electrons. The molecule has 1 aromatic rings. The summed E-state index contributed by atoms with van der Waals surface area (Å²) in [5.41, 5.74) is 1.32. The third kappa shape index (κ3) is 4.59. The Labute approximate surface area is 149 Å². The molecule has 2 amide bonds. The average molecular weight is 351 g/mol. The molecule has 1 aromatic heterocycles. The maximum atomic E-state index is 12.8. The van der Waals surface area contributed by atoms with Gasteiger partial charge in [-0.3, -0.25) is 9.59 Å². The van der Waals surface area contributed by atoms with Gasteiger partial charge < -0.3 is 10.2 Å². The fraction of sp³-hybridized carbons (Fsp3) is 0.684. The lowest BCUT2D eigenvalue weighted by Crippen LogP contribution is -2.43. The number of nitrogens with zero attached hydrogens (tertiary/aromatic N) is 1. The normalized spacial score (nSPS) is 15.5. The summed E-state index contributed by atoms with van der Waals surface area (Å²) in [6.07, 6.45) is 5.66. The first-order chi connectivity index (χ1) is 11.6. The quantitative estimate of drug-likeness (QED) is 0.816. The van der Waals surface area contributed by atoms with Crippen LogP contribution >= 0.6 is 11.3 Å². The van der Waals surface area contributed by atoms with E-state index in [4.69, 9.17) is 0 Å². The van der Waals surface area contributed by atoms with Crippen molar-refractivity contribution in [1.29, 1.82) is 0 Å². The van der Waals surface area contributed by atoms with Gasteiger partial charge in [-0.1, -0.05) is 27.2 Å². The molecule has 0 unspecified atom stereocenters. The van der Waals surface area contributed by atoms with Gasteiger partial charge in [-0.15, -0.1) is 11.3 Å². The lowest BCUT2D eigenvalue weighted by molar-refractivity contribution is -0.126. The first-order valence-corrected chi connectivity index (χ1v) is 10.1. The minimum absolute atomic E-state index is 0.0609. The highest BCUT2D eigenvalue weighted by Crippen LogP contribution is 2.27. The van der Waals surface area contributed by atoms with E-state index >= 15 is 0 Å². The van der Waals surface area contributed by atoms with Crippen molar-refractivity contribution in [2.45, 2.75) is 59.3 Å². The third-order valence-corrected chi connectivity index (χ3v) is 5.89. The van der Waals surface area contributed by atoms with Crippen LogP contribution in [0.5, 0.6) is 0 Å². The summed E-state index contributed by atoms with van der Waals surface area (Å²) < 4.78 is 0. The number of hydrogen-bond donors (Lipinski definition) is 1. The van der Waals surface area contributed by atoms with Crippen molar-refractivity contribution < 1.29 is 9.59 Å². The van der Waals surface area contributed by atoms with Crippen molar-refractivity contribution in [1.82, 2.24) is 10.2 Å². The van der Waals surface area contributed by atoms with Crippen molar-refractivity contribution in [2.24, 2.45) is 5.92 Å². The Morgan fingerprint density at radius 2 is 1.92 bits per heavy atom. The van der Waals surface area contributed by atoms with Gasteiger partial charge in [0.2, 0.25) is 5.91 Å². The van der Waals surface area contributed by atoms with Crippen molar-refractivity contribution in [3.05, 3.63) is 21.4 Å². The summed E-state index contributed by atoms with van der Waals surface area (Å²) in [6.45, 7) is 8.50. The molecule has 0 spiro atoms. The number of carbonyl (C=O) groups is 2. The molecule has 2 heterocycles. The number of thiophene rings is 1. The summed E-state index contributed by atoms with van der Waals surface area (Å²) >= 11 is 1.66. The molecular formula is C19H30N2O2S. The van der Waals surface area contributed by atoms with Crippen molar-refractivity contribution in [3.8, 4) is 0 Å². The van der Waals surface area contributed by atoms with Crippen LogP contribution in [0.2, 0.25) is 0 Å². The van der Waals surface area contributed by atoms with Crippen LogP contribution in [0.15, 0.2) is 6.07 Å². The Bertz CT molecular complexity index is 560. The van der Waals surface area contributed by atoms with Crippen LogP contribution < -0.4 is 5.32 Å². The maximum absolute atomic E-state index is 12.8. The fourth-order valence-corrected chi connectivity index (χ4v) is 4.53. The van der Waals surface area contributed by atoms with E-state index in [1.807, 2.05) is 4.90 Å². The van der Waals surface area contributed by atoms with E-state index in [0.717, 1.165) is 49.9 Å². The maximum Gasteiger partial charge on any atom is 0.263 e. The molecule has 0 bridgehead atoms. The second-order valence-electron chi connectivity index (χ2n) is 6.52. The Balaban J connectivity index is 1.94. The Morgan fingerprint density at radius 3 is 2.50 bits per heavy atom. The smallest absolute Gasteiger partial charge is 0.263 e. The van der Waals surface area contributed by atoms with Crippen LogP contribution in [0.25, 0.3) is 0 Å². The molecular weight excluding hydrogens is 320 g/mol. The zero-order valence-corrected chi connectivity index (χ0v) is 16.0. The van der Waals surface area contributed by atoms with E-state index in [1.165, 1.54) is 10.4 Å². The molecule has 1 N–H and O–H groups in total. The molecule has 0 atom stereocenters. The van der Waals surface area contributed by atoms with Gasteiger partial charge in [0.25, 0.3) is 5.91 Å². The van der Waals surface area contributed by atoms with E-state index in [0.29, 0.717) is 13.1 Å².